The quantitative estimate of drug-likeness (QED) is 0.287. The summed E-state index contributed by atoms with van der Waals surface area (Å²) in [5, 5.41) is 15.1. The Morgan fingerprint density at radius 2 is 2.05 bits per heavy atom. The molecule has 195 valence electrons. The summed E-state index contributed by atoms with van der Waals surface area (Å²) in [5.41, 5.74) is 0.413. The summed E-state index contributed by atoms with van der Waals surface area (Å²) in [5.74, 6) is -2.62. The van der Waals surface area contributed by atoms with Crippen molar-refractivity contribution in [3.63, 3.8) is 0 Å². The first-order valence-electron chi connectivity index (χ1n) is 11.7. The summed E-state index contributed by atoms with van der Waals surface area (Å²) >= 11 is 0. The molecular formula is C25H28F2N5O4Si. The number of fused-ring (bicyclic) bond motifs is 1. The van der Waals surface area contributed by atoms with E-state index in [-0.39, 0.29) is 29.1 Å². The van der Waals surface area contributed by atoms with Crippen LogP contribution in [0.15, 0.2) is 30.6 Å². The first-order chi connectivity index (χ1) is 17.7. The SMILES string of the molecule is C[Si](C)CCOCn1cc(C#N)c2c(Oc3c(F)cc(NC(=O)NCC4(C)COC4)cc3F)ccnc21. The number of carbonyl (C=O) groups excluding carboxylic acids is 1. The number of aromatic nitrogens is 2. The van der Waals surface area contributed by atoms with Crippen molar-refractivity contribution in [2.45, 2.75) is 32.8 Å². The first-order valence-corrected chi connectivity index (χ1v) is 14.4. The fourth-order valence-electron chi connectivity index (χ4n) is 3.75. The molecule has 3 heterocycles. The van der Waals surface area contributed by atoms with Gasteiger partial charge in [-0.3, -0.25) is 0 Å². The maximum atomic E-state index is 14.9. The largest absolute Gasteiger partial charge is 0.450 e. The Bertz CT molecular complexity index is 1310. The Morgan fingerprint density at radius 3 is 2.68 bits per heavy atom. The monoisotopic (exact) mass is 528 g/mol. The van der Waals surface area contributed by atoms with Crippen LogP contribution in [0.4, 0.5) is 19.3 Å². The van der Waals surface area contributed by atoms with Crippen molar-refractivity contribution in [2.24, 2.45) is 5.41 Å². The van der Waals surface area contributed by atoms with E-state index in [1.807, 2.05) is 6.92 Å². The highest BCUT2D eigenvalue weighted by Gasteiger charge is 2.33. The number of benzene rings is 1. The number of urea groups is 1. The predicted molar refractivity (Wildman–Crippen MR) is 135 cm³/mol. The van der Waals surface area contributed by atoms with Crippen LogP contribution in [-0.2, 0) is 16.2 Å². The van der Waals surface area contributed by atoms with Crippen molar-refractivity contribution in [2.75, 3.05) is 31.7 Å². The van der Waals surface area contributed by atoms with Gasteiger partial charge in [-0.2, -0.15) is 5.26 Å². The number of ether oxygens (including phenoxy) is 3. The van der Waals surface area contributed by atoms with Gasteiger partial charge in [0, 0.05) is 57.6 Å². The van der Waals surface area contributed by atoms with Crippen LogP contribution in [0, 0.1) is 28.4 Å². The molecule has 2 aromatic heterocycles. The zero-order valence-electron chi connectivity index (χ0n) is 20.9. The molecule has 12 heteroatoms. The Morgan fingerprint density at radius 1 is 1.32 bits per heavy atom. The van der Waals surface area contributed by atoms with E-state index in [2.05, 4.69) is 34.8 Å². The van der Waals surface area contributed by atoms with Crippen LogP contribution in [-0.4, -0.2) is 50.7 Å². The van der Waals surface area contributed by atoms with Crippen molar-refractivity contribution < 1.29 is 27.8 Å². The number of nitriles is 1. The fourth-order valence-corrected chi connectivity index (χ4v) is 4.31. The zero-order chi connectivity index (χ0) is 26.6. The van der Waals surface area contributed by atoms with E-state index in [0.29, 0.717) is 37.4 Å². The summed E-state index contributed by atoms with van der Waals surface area (Å²) in [6.45, 7) is 8.56. The van der Waals surface area contributed by atoms with Gasteiger partial charge in [0.2, 0.25) is 0 Å². The minimum atomic E-state index is -1.02. The molecule has 1 fully saturated rings. The molecular weight excluding hydrogens is 500 g/mol. The topological polar surface area (TPSA) is 110 Å². The molecule has 1 saturated heterocycles. The normalized spacial score (nSPS) is 14.3. The molecule has 0 unspecified atom stereocenters. The van der Waals surface area contributed by atoms with Gasteiger partial charge in [-0.1, -0.05) is 20.0 Å². The second-order valence-corrected chi connectivity index (χ2v) is 12.5. The third-order valence-corrected chi connectivity index (χ3v) is 7.07. The van der Waals surface area contributed by atoms with E-state index in [1.54, 1.807) is 10.8 Å². The number of halogens is 2. The summed E-state index contributed by atoms with van der Waals surface area (Å²) < 4.78 is 47.9. The summed E-state index contributed by atoms with van der Waals surface area (Å²) in [4.78, 5) is 16.5. The molecule has 3 aromatic rings. The Labute approximate surface area is 214 Å². The van der Waals surface area contributed by atoms with E-state index in [9.17, 15) is 18.8 Å². The molecule has 0 spiro atoms. The third-order valence-electron chi connectivity index (χ3n) is 5.86. The van der Waals surface area contributed by atoms with Gasteiger partial charge in [0.15, 0.2) is 17.4 Å². The highest BCUT2D eigenvalue weighted by Crippen LogP contribution is 2.36. The van der Waals surface area contributed by atoms with Crippen LogP contribution in [0.25, 0.3) is 11.0 Å². The van der Waals surface area contributed by atoms with Gasteiger partial charge in [-0.05, 0) is 12.1 Å². The van der Waals surface area contributed by atoms with E-state index in [4.69, 9.17) is 14.2 Å². The van der Waals surface area contributed by atoms with Crippen LogP contribution in [0.1, 0.15) is 12.5 Å². The highest BCUT2D eigenvalue weighted by molar-refractivity contribution is 6.55. The Balaban J connectivity index is 1.50. The first kappa shape index (κ1) is 26.5. The van der Waals surface area contributed by atoms with E-state index in [1.165, 1.54) is 12.3 Å². The molecule has 0 saturated carbocycles. The molecule has 0 aliphatic carbocycles. The number of carbonyl (C=O) groups is 1. The van der Waals surface area contributed by atoms with Gasteiger partial charge in [-0.15, -0.1) is 0 Å². The lowest BCUT2D eigenvalue weighted by Crippen LogP contribution is -2.49. The molecule has 1 radical (unpaired) electrons. The lowest BCUT2D eigenvalue weighted by molar-refractivity contribution is -0.0974. The average Bonchev–Trinajstić information content (AvgIpc) is 3.20. The summed E-state index contributed by atoms with van der Waals surface area (Å²) in [6, 6.07) is 5.83. The van der Waals surface area contributed by atoms with Crippen LogP contribution in [0.5, 0.6) is 11.5 Å². The molecule has 1 aliphatic heterocycles. The van der Waals surface area contributed by atoms with Crippen LogP contribution < -0.4 is 15.4 Å². The van der Waals surface area contributed by atoms with Crippen LogP contribution in [0.2, 0.25) is 19.1 Å². The van der Waals surface area contributed by atoms with Crippen molar-refractivity contribution in [1.29, 1.82) is 5.26 Å². The third kappa shape index (κ3) is 6.25. The Hall–Kier alpha value is -3.53. The summed E-state index contributed by atoms with van der Waals surface area (Å²) in [6.07, 6.45) is 3.00. The van der Waals surface area contributed by atoms with E-state index >= 15 is 0 Å². The number of hydrogen-bond donors (Lipinski definition) is 2. The van der Waals surface area contributed by atoms with Crippen molar-refractivity contribution >= 4 is 31.5 Å². The molecule has 1 aliphatic rings. The number of nitrogens with one attached hydrogen (secondary N) is 2. The van der Waals surface area contributed by atoms with Crippen molar-refractivity contribution in [3.05, 3.63) is 47.8 Å². The number of hydrogen-bond acceptors (Lipinski definition) is 6. The maximum absolute atomic E-state index is 14.9. The number of anilines is 1. The van der Waals surface area contributed by atoms with E-state index < -0.39 is 32.2 Å². The number of nitrogens with zero attached hydrogens (tertiary/aromatic N) is 3. The second kappa shape index (κ2) is 11.2. The van der Waals surface area contributed by atoms with Gasteiger partial charge in [-0.25, -0.2) is 18.6 Å². The molecule has 0 bridgehead atoms. The molecule has 0 atom stereocenters. The molecule has 9 nitrogen and oxygen atoms in total. The highest BCUT2D eigenvalue weighted by atomic mass is 28.3. The van der Waals surface area contributed by atoms with Crippen LogP contribution in [0.3, 0.4) is 0 Å². The minimum Gasteiger partial charge on any atom is -0.450 e. The fraction of sp³-hybridized carbons (Fsp3) is 0.400. The van der Waals surface area contributed by atoms with Gasteiger partial charge >= 0.3 is 6.03 Å². The van der Waals surface area contributed by atoms with Gasteiger partial charge in [0.05, 0.1) is 24.2 Å². The molecule has 37 heavy (non-hydrogen) atoms. The van der Waals surface area contributed by atoms with Gasteiger partial charge in [0.1, 0.15) is 24.2 Å². The average molecular weight is 529 g/mol. The maximum Gasteiger partial charge on any atom is 0.319 e. The molecule has 1 aromatic carbocycles. The number of rotatable bonds is 10. The summed E-state index contributed by atoms with van der Waals surface area (Å²) in [7, 11) is -0.421. The molecule has 2 N–H and O–H groups in total. The minimum absolute atomic E-state index is 0.0696. The second-order valence-electron chi connectivity index (χ2n) is 9.61. The standard InChI is InChI=1S/C25H28F2N5O4Si/c1-25(13-35-14-25)12-30-24(33)31-17-8-18(26)22(19(27)9-17)36-20-4-5-29-23-21(20)16(10-28)11-32(23)15-34-6-7-37(2)3/h4-5,8-9,11H,6-7,12-15H2,1-3H3,(H2,30,31,33). The Kier molecular flexibility index (Phi) is 8.06. The van der Waals surface area contributed by atoms with E-state index in [0.717, 1.165) is 18.2 Å². The number of amides is 2. The molecule has 4 rings (SSSR count). The van der Waals surface area contributed by atoms with Crippen LogP contribution >= 0.6 is 0 Å². The number of pyridine rings is 1. The van der Waals surface area contributed by atoms with Crippen molar-refractivity contribution in [1.82, 2.24) is 14.9 Å². The zero-order valence-corrected chi connectivity index (χ0v) is 21.9. The van der Waals surface area contributed by atoms with Gasteiger partial charge in [0.25, 0.3) is 0 Å². The predicted octanol–water partition coefficient (Wildman–Crippen LogP) is 4.86. The lowest BCUT2D eigenvalue weighted by atomic mass is 9.89. The molecule has 2 amide bonds. The smallest absolute Gasteiger partial charge is 0.319 e. The van der Waals surface area contributed by atoms with Gasteiger partial charge < -0.3 is 29.4 Å². The lowest BCUT2D eigenvalue weighted by Gasteiger charge is -2.37. The van der Waals surface area contributed by atoms with Crippen molar-refractivity contribution in [3.8, 4) is 17.6 Å².